The lowest BCUT2D eigenvalue weighted by atomic mass is 10.1. The van der Waals surface area contributed by atoms with Crippen molar-refractivity contribution in [1.82, 2.24) is 10.6 Å². The molecule has 1 rings (SSSR count). The smallest absolute Gasteiger partial charge is 0.341 e. The molecule has 1 aromatic rings. The van der Waals surface area contributed by atoms with Gasteiger partial charge in [-0.25, -0.2) is 0 Å². The highest BCUT2D eigenvalue weighted by Crippen LogP contribution is 2.28. The van der Waals surface area contributed by atoms with Gasteiger partial charge in [0.1, 0.15) is 0 Å². The predicted molar refractivity (Wildman–Crippen MR) is 223 cm³/mol. The monoisotopic (exact) mass is 776 g/mol. The summed E-state index contributed by atoms with van der Waals surface area (Å²) in [5, 5.41) is 11.3. The normalized spacial score (nSPS) is 14.0. The van der Waals surface area contributed by atoms with Crippen LogP contribution in [0.1, 0.15) is 64.1 Å². The molecule has 0 saturated heterocycles. The molecule has 0 bridgehead atoms. The van der Waals surface area contributed by atoms with E-state index in [4.69, 9.17) is 26.6 Å². The SMILES string of the molecule is CCO[Si](C)(CCCNC(NCCC[Si](C)(OCC)OCC)[SiH2]CCc1c([SiH](C)C)ccc(C(C)[Si](C)(OC)OC)c1[SiH](C)C)OCC. The van der Waals surface area contributed by atoms with Crippen molar-refractivity contribution < 1.29 is 26.6 Å². The van der Waals surface area contributed by atoms with E-state index >= 15 is 0 Å². The van der Waals surface area contributed by atoms with Gasteiger partial charge in [-0.15, -0.1) is 0 Å². The molecule has 0 aliphatic heterocycles. The Kier molecular flexibility index (Phi) is 22.8. The van der Waals surface area contributed by atoms with E-state index in [-0.39, 0.29) is 5.54 Å². The molecular weight excluding hydrogens is 701 g/mol. The summed E-state index contributed by atoms with van der Waals surface area (Å²) in [7, 11) is -5.47. The van der Waals surface area contributed by atoms with Gasteiger partial charge in [-0.1, -0.05) is 67.2 Å². The summed E-state index contributed by atoms with van der Waals surface area (Å²) < 4.78 is 36.6. The standard InChI is InChI=1S/C34H76N2O6Si6/c1-15-39-46(12,40-16-2)27-19-24-35-34(36-25-20-28-47(13,41-17-3)42-18-4)43-26-23-31-32(44(8)9)22-21-30(33(31)45(10)11)29(5)48(14,37-6)38-7/h21-22,29,34-36,44-45H,15-20,23-28,43H2,1-14H3. The van der Waals surface area contributed by atoms with Gasteiger partial charge < -0.3 is 37.2 Å². The van der Waals surface area contributed by atoms with Gasteiger partial charge in [0.05, 0.1) is 27.1 Å². The Labute approximate surface area is 305 Å². The Hall–Kier alpha value is 0.201. The molecule has 282 valence electrons. The van der Waals surface area contributed by atoms with Gasteiger partial charge in [-0.05, 0) is 97.3 Å². The van der Waals surface area contributed by atoms with Gasteiger partial charge in [0, 0.05) is 52.0 Å². The van der Waals surface area contributed by atoms with Crippen LogP contribution >= 0.6 is 0 Å². The molecule has 0 spiro atoms. The third kappa shape index (κ3) is 15.0. The molecule has 0 heterocycles. The third-order valence-corrected chi connectivity index (χ3v) is 25.0. The van der Waals surface area contributed by atoms with E-state index in [1.165, 1.54) is 18.0 Å². The van der Waals surface area contributed by atoms with Crippen molar-refractivity contribution >= 4 is 63.2 Å². The summed E-state index contributed by atoms with van der Waals surface area (Å²) >= 11 is 0. The minimum Gasteiger partial charge on any atom is -0.397 e. The lowest BCUT2D eigenvalue weighted by molar-refractivity contribution is 0.188. The molecule has 1 unspecified atom stereocenters. The van der Waals surface area contributed by atoms with Crippen molar-refractivity contribution in [3.8, 4) is 0 Å². The fourth-order valence-electron chi connectivity index (χ4n) is 7.02. The first-order chi connectivity index (χ1) is 22.7. The van der Waals surface area contributed by atoms with Crippen LogP contribution in [0.25, 0.3) is 0 Å². The second-order valence-corrected chi connectivity index (χ2v) is 32.5. The minimum atomic E-state index is -2.33. The Morgan fingerprint density at radius 3 is 1.56 bits per heavy atom. The van der Waals surface area contributed by atoms with Gasteiger partial charge in [-0.2, -0.15) is 0 Å². The zero-order valence-corrected chi connectivity index (χ0v) is 40.3. The maximum atomic E-state index is 6.12. The van der Waals surface area contributed by atoms with Crippen molar-refractivity contribution in [3.63, 3.8) is 0 Å². The lowest BCUT2D eigenvalue weighted by Gasteiger charge is -2.33. The molecule has 2 N–H and O–H groups in total. The highest BCUT2D eigenvalue weighted by atomic mass is 28.4. The first kappa shape index (κ1) is 46.2. The molecule has 8 nitrogen and oxygen atoms in total. The summed E-state index contributed by atoms with van der Waals surface area (Å²) in [5.41, 5.74) is 3.46. The lowest BCUT2D eigenvalue weighted by Crippen LogP contribution is -2.49. The fraction of sp³-hybridized carbons (Fsp3) is 0.824. The third-order valence-electron chi connectivity index (χ3n) is 9.81. The summed E-state index contributed by atoms with van der Waals surface area (Å²) in [6, 6.07) is 8.23. The first-order valence-corrected chi connectivity index (χ1v) is 34.0. The van der Waals surface area contributed by atoms with Gasteiger partial charge in [0.25, 0.3) is 0 Å². The second-order valence-electron chi connectivity index (χ2n) is 14.2. The molecule has 48 heavy (non-hydrogen) atoms. The number of hydrogen-bond donors (Lipinski definition) is 2. The summed E-state index contributed by atoms with van der Waals surface area (Å²) in [5.74, 6) is 0.392. The highest BCUT2D eigenvalue weighted by molar-refractivity contribution is 6.76. The maximum Gasteiger partial charge on any atom is 0.341 e. The van der Waals surface area contributed by atoms with E-state index in [0.29, 0.717) is 5.79 Å². The summed E-state index contributed by atoms with van der Waals surface area (Å²) in [6.45, 7) is 32.1. The largest absolute Gasteiger partial charge is 0.397 e. The van der Waals surface area contributed by atoms with Crippen LogP contribution in [0, 0.1) is 0 Å². The average molecular weight is 778 g/mol. The summed E-state index contributed by atoms with van der Waals surface area (Å²) in [4.78, 5) is 0. The van der Waals surface area contributed by atoms with E-state index in [1.54, 1.807) is 15.9 Å². The molecule has 0 saturated carbocycles. The number of benzene rings is 1. The van der Waals surface area contributed by atoms with Crippen LogP contribution in [0.15, 0.2) is 12.1 Å². The van der Waals surface area contributed by atoms with Gasteiger partial charge >= 0.3 is 25.7 Å². The topological polar surface area (TPSA) is 79.4 Å². The van der Waals surface area contributed by atoms with Gasteiger partial charge in [-0.3, -0.25) is 0 Å². The van der Waals surface area contributed by atoms with Crippen LogP contribution in [-0.4, -0.2) is 112 Å². The van der Waals surface area contributed by atoms with Crippen LogP contribution in [0.5, 0.6) is 0 Å². The van der Waals surface area contributed by atoms with E-state index in [0.717, 1.165) is 64.4 Å². The van der Waals surface area contributed by atoms with Crippen LogP contribution < -0.4 is 21.0 Å². The molecule has 0 aliphatic carbocycles. The zero-order valence-electron chi connectivity index (χ0n) is 33.6. The maximum absolute atomic E-state index is 6.12. The zero-order chi connectivity index (χ0) is 36.4. The van der Waals surface area contributed by atoms with Crippen LogP contribution in [0.4, 0.5) is 0 Å². The van der Waals surface area contributed by atoms with Gasteiger partial charge in [0.2, 0.25) is 0 Å². The predicted octanol–water partition coefficient (Wildman–Crippen LogP) is 4.74. The molecule has 1 atom stereocenters. The Morgan fingerprint density at radius 1 is 0.729 bits per heavy atom. The number of nitrogens with one attached hydrogen (secondary N) is 2. The molecule has 1 aromatic carbocycles. The number of rotatable bonds is 28. The van der Waals surface area contributed by atoms with Gasteiger partial charge in [0.15, 0.2) is 0 Å². The molecular formula is C34H76N2O6Si6. The van der Waals surface area contributed by atoms with Crippen molar-refractivity contribution in [3.05, 3.63) is 23.3 Å². The molecule has 14 heteroatoms. The van der Waals surface area contributed by atoms with Crippen molar-refractivity contribution in [1.29, 1.82) is 0 Å². The van der Waals surface area contributed by atoms with Crippen molar-refractivity contribution in [2.24, 2.45) is 0 Å². The molecule has 0 radical (unpaired) electrons. The van der Waals surface area contributed by atoms with E-state index in [2.05, 4.69) is 103 Å². The molecule has 0 fully saturated rings. The molecule has 0 aliphatic rings. The highest BCUT2D eigenvalue weighted by Gasteiger charge is 2.39. The van der Waals surface area contributed by atoms with Crippen molar-refractivity contribution in [2.45, 2.75) is 129 Å². The van der Waals surface area contributed by atoms with Crippen LogP contribution in [0.2, 0.25) is 64.0 Å². The van der Waals surface area contributed by atoms with E-state index in [9.17, 15) is 0 Å². The molecule has 0 aromatic heterocycles. The average Bonchev–Trinajstić information content (AvgIpc) is 3.03. The Bertz CT molecular complexity index is 979. The molecule has 0 amide bonds. The Balaban J connectivity index is 3.18. The number of hydrogen-bond acceptors (Lipinski definition) is 8. The van der Waals surface area contributed by atoms with E-state index in [1.807, 2.05) is 14.2 Å². The summed E-state index contributed by atoms with van der Waals surface area (Å²) in [6.07, 6.45) is 3.33. The van der Waals surface area contributed by atoms with E-state index < -0.39 is 52.8 Å². The quantitative estimate of drug-likeness (QED) is 0.0719. The van der Waals surface area contributed by atoms with Crippen LogP contribution in [-0.2, 0) is 33.0 Å². The first-order valence-electron chi connectivity index (χ1n) is 19.0. The Morgan fingerprint density at radius 2 is 1.19 bits per heavy atom. The fourth-order valence-corrected chi connectivity index (χ4v) is 19.2. The second kappa shape index (κ2) is 23.7. The van der Waals surface area contributed by atoms with Crippen LogP contribution in [0.3, 0.4) is 0 Å². The van der Waals surface area contributed by atoms with Crippen molar-refractivity contribution in [2.75, 3.05) is 53.7 Å². The minimum absolute atomic E-state index is 0.289.